The summed E-state index contributed by atoms with van der Waals surface area (Å²) in [5, 5.41) is 0. The predicted molar refractivity (Wildman–Crippen MR) is 67.3 cm³/mol. The lowest BCUT2D eigenvalue weighted by Crippen LogP contribution is -2.33. The molecule has 0 saturated carbocycles. The van der Waals surface area contributed by atoms with E-state index in [0.29, 0.717) is 24.0 Å². The topological polar surface area (TPSA) is 26.0 Å². The highest BCUT2D eigenvalue weighted by Gasteiger charge is 2.30. The molecule has 0 saturated heterocycles. The van der Waals surface area contributed by atoms with Crippen LogP contribution in [0.25, 0.3) is 0 Å². The van der Waals surface area contributed by atoms with Crippen LogP contribution in [-0.4, -0.2) is 5.54 Å². The Labute approximate surface area is 105 Å². The lowest BCUT2D eigenvalue weighted by atomic mass is 9.93. The third-order valence-corrected chi connectivity index (χ3v) is 2.88. The van der Waals surface area contributed by atoms with E-state index in [0.717, 1.165) is 6.07 Å². The van der Waals surface area contributed by atoms with Gasteiger partial charge >= 0.3 is 6.18 Å². The van der Waals surface area contributed by atoms with Gasteiger partial charge in [0.2, 0.25) is 0 Å². The van der Waals surface area contributed by atoms with Gasteiger partial charge in [-0.1, -0.05) is 17.7 Å². The second-order valence-electron chi connectivity index (χ2n) is 4.91. The monoisotopic (exact) mass is 257 g/mol. The number of benzene rings is 1. The number of halogens is 3. The smallest absolute Gasteiger partial charge is 0.322 e. The molecule has 1 unspecified atom stereocenters. The normalized spacial score (nSPS) is 15.2. The van der Waals surface area contributed by atoms with E-state index in [9.17, 15) is 13.2 Å². The SMILES string of the molecule is C=CC(C)(N)CCc1cc(C)cc(C(F)(F)F)c1. The minimum Gasteiger partial charge on any atom is -0.322 e. The third kappa shape index (κ3) is 4.18. The molecule has 0 bridgehead atoms. The van der Waals surface area contributed by atoms with Crippen LogP contribution in [0.5, 0.6) is 0 Å². The second kappa shape index (κ2) is 5.14. The maximum atomic E-state index is 12.6. The first kappa shape index (κ1) is 14.8. The third-order valence-electron chi connectivity index (χ3n) is 2.88. The summed E-state index contributed by atoms with van der Waals surface area (Å²) in [5.74, 6) is 0. The second-order valence-corrected chi connectivity index (χ2v) is 4.91. The fourth-order valence-corrected chi connectivity index (χ4v) is 1.69. The van der Waals surface area contributed by atoms with Crippen molar-refractivity contribution in [2.45, 2.75) is 38.4 Å². The van der Waals surface area contributed by atoms with E-state index in [2.05, 4.69) is 6.58 Å². The number of hydrogen-bond acceptors (Lipinski definition) is 1. The molecule has 1 rings (SSSR count). The summed E-state index contributed by atoms with van der Waals surface area (Å²) in [7, 11) is 0. The summed E-state index contributed by atoms with van der Waals surface area (Å²) < 4.78 is 37.9. The zero-order valence-corrected chi connectivity index (χ0v) is 10.6. The van der Waals surface area contributed by atoms with Gasteiger partial charge in [0.1, 0.15) is 0 Å². The first-order valence-corrected chi connectivity index (χ1v) is 5.74. The van der Waals surface area contributed by atoms with Gasteiger partial charge in [-0.05, 0) is 44.4 Å². The average molecular weight is 257 g/mol. The van der Waals surface area contributed by atoms with Gasteiger partial charge in [-0.15, -0.1) is 6.58 Å². The van der Waals surface area contributed by atoms with Crippen LogP contribution < -0.4 is 5.73 Å². The number of rotatable bonds is 4. The highest BCUT2D eigenvalue weighted by Crippen LogP contribution is 2.31. The maximum Gasteiger partial charge on any atom is 0.416 e. The van der Waals surface area contributed by atoms with Gasteiger partial charge in [-0.2, -0.15) is 13.2 Å². The minimum atomic E-state index is -4.30. The molecule has 0 aliphatic carbocycles. The van der Waals surface area contributed by atoms with Crippen LogP contribution >= 0.6 is 0 Å². The van der Waals surface area contributed by atoms with Crippen molar-refractivity contribution in [1.29, 1.82) is 0 Å². The van der Waals surface area contributed by atoms with Gasteiger partial charge in [-0.3, -0.25) is 0 Å². The van der Waals surface area contributed by atoms with E-state index >= 15 is 0 Å². The Morgan fingerprint density at radius 2 is 1.89 bits per heavy atom. The molecule has 4 heteroatoms. The molecule has 1 nitrogen and oxygen atoms in total. The van der Waals surface area contributed by atoms with Crippen molar-refractivity contribution >= 4 is 0 Å². The molecule has 18 heavy (non-hydrogen) atoms. The summed E-state index contributed by atoms with van der Waals surface area (Å²) in [6.07, 6.45) is -1.61. The fraction of sp³-hybridized carbons (Fsp3) is 0.429. The Morgan fingerprint density at radius 1 is 1.28 bits per heavy atom. The molecule has 0 fully saturated rings. The molecule has 0 amide bonds. The zero-order valence-electron chi connectivity index (χ0n) is 10.6. The largest absolute Gasteiger partial charge is 0.416 e. The Hall–Kier alpha value is -1.29. The van der Waals surface area contributed by atoms with E-state index in [-0.39, 0.29) is 0 Å². The van der Waals surface area contributed by atoms with Gasteiger partial charge < -0.3 is 5.73 Å². The Balaban J connectivity index is 2.91. The van der Waals surface area contributed by atoms with E-state index in [1.165, 1.54) is 6.07 Å². The number of aryl methyl sites for hydroxylation is 2. The van der Waals surface area contributed by atoms with Crippen molar-refractivity contribution in [3.05, 3.63) is 47.5 Å². The molecule has 1 aromatic rings. The van der Waals surface area contributed by atoms with E-state index in [4.69, 9.17) is 5.73 Å². The Kier molecular flexibility index (Phi) is 4.22. The maximum absolute atomic E-state index is 12.6. The predicted octanol–water partition coefficient (Wildman–Crippen LogP) is 3.85. The van der Waals surface area contributed by atoms with Crippen molar-refractivity contribution < 1.29 is 13.2 Å². The molecular formula is C14H18F3N. The zero-order chi connectivity index (χ0) is 14.0. The van der Waals surface area contributed by atoms with Crippen LogP contribution in [0.15, 0.2) is 30.9 Å². The van der Waals surface area contributed by atoms with Gasteiger partial charge in [0.05, 0.1) is 5.56 Å². The standard InChI is InChI=1S/C14H18F3N/c1-4-13(3,18)6-5-11-7-10(2)8-12(9-11)14(15,16)17/h4,7-9H,1,5-6,18H2,2-3H3. The van der Waals surface area contributed by atoms with Crippen LogP contribution in [-0.2, 0) is 12.6 Å². The van der Waals surface area contributed by atoms with E-state index in [1.54, 1.807) is 26.0 Å². The summed E-state index contributed by atoms with van der Waals surface area (Å²) in [6.45, 7) is 7.08. The lowest BCUT2D eigenvalue weighted by molar-refractivity contribution is -0.137. The molecule has 0 heterocycles. The lowest BCUT2D eigenvalue weighted by Gasteiger charge is -2.20. The van der Waals surface area contributed by atoms with Crippen molar-refractivity contribution in [3.8, 4) is 0 Å². The molecule has 100 valence electrons. The quantitative estimate of drug-likeness (QED) is 0.815. The Morgan fingerprint density at radius 3 is 2.39 bits per heavy atom. The molecule has 0 radical (unpaired) electrons. The van der Waals surface area contributed by atoms with Crippen molar-refractivity contribution in [2.24, 2.45) is 5.73 Å². The van der Waals surface area contributed by atoms with Crippen LogP contribution in [0.3, 0.4) is 0 Å². The number of nitrogens with two attached hydrogens (primary N) is 1. The van der Waals surface area contributed by atoms with E-state index in [1.807, 2.05) is 0 Å². The molecule has 0 aliphatic heterocycles. The van der Waals surface area contributed by atoms with Gasteiger partial charge in [0.15, 0.2) is 0 Å². The summed E-state index contributed by atoms with van der Waals surface area (Å²) in [4.78, 5) is 0. The van der Waals surface area contributed by atoms with Crippen LogP contribution in [0.4, 0.5) is 13.2 Å². The van der Waals surface area contributed by atoms with Crippen molar-refractivity contribution in [3.63, 3.8) is 0 Å². The summed E-state index contributed by atoms with van der Waals surface area (Å²) in [5.41, 5.74) is 5.99. The molecule has 2 N–H and O–H groups in total. The van der Waals surface area contributed by atoms with Gasteiger partial charge in [-0.25, -0.2) is 0 Å². The van der Waals surface area contributed by atoms with E-state index < -0.39 is 17.3 Å². The van der Waals surface area contributed by atoms with Crippen LogP contribution in [0.2, 0.25) is 0 Å². The summed E-state index contributed by atoms with van der Waals surface area (Å²) >= 11 is 0. The fourth-order valence-electron chi connectivity index (χ4n) is 1.69. The van der Waals surface area contributed by atoms with Crippen molar-refractivity contribution in [2.75, 3.05) is 0 Å². The Bertz CT molecular complexity index is 433. The van der Waals surface area contributed by atoms with Crippen LogP contribution in [0, 0.1) is 6.92 Å². The molecule has 1 aromatic carbocycles. The van der Waals surface area contributed by atoms with Crippen molar-refractivity contribution in [1.82, 2.24) is 0 Å². The van der Waals surface area contributed by atoms with Crippen LogP contribution in [0.1, 0.15) is 30.0 Å². The highest BCUT2D eigenvalue weighted by atomic mass is 19.4. The number of alkyl halides is 3. The minimum absolute atomic E-state index is 0.504. The van der Waals surface area contributed by atoms with Gasteiger partial charge in [0.25, 0.3) is 0 Å². The molecular weight excluding hydrogens is 239 g/mol. The molecule has 1 atom stereocenters. The first-order valence-electron chi connectivity index (χ1n) is 5.74. The first-order chi connectivity index (χ1) is 8.14. The summed E-state index contributed by atoms with van der Waals surface area (Å²) in [6, 6.07) is 4.10. The van der Waals surface area contributed by atoms with Gasteiger partial charge in [0, 0.05) is 5.54 Å². The molecule has 0 aromatic heterocycles. The number of hydrogen-bond donors (Lipinski definition) is 1. The molecule has 0 aliphatic rings. The average Bonchev–Trinajstić information content (AvgIpc) is 2.25. The molecule has 0 spiro atoms. The highest BCUT2D eigenvalue weighted by molar-refractivity contribution is 5.31.